The summed E-state index contributed by atoms with van der Waals surface area (Å²) in [4.78, 5) is 38.0. The van der Waals surface area contributed by atoms with Crippen molar-refractivity contribution < 1.29 is 9.59 Å². The summed E-state index contributed by atoms with van der Waals surface area (Å²) in [5.74, 6) is 0.777. The van der Waals surface area contributed by atoms with Gasteiger partial charge < -0.3 is 9.80 Å². The number of amides is 2. The molecule has 0 unspecified atom stereocenters. The van der Waals surface area contributed by atoms with Crippen LogP contribution in [0.15, 0.2) is 36.5 Å². The largest absolute Gasteiger partial charge is 0.338 e. The Labute approximate surface area is 165 Å². The maximum absolute atomic E-state index is 13.2. The van der Waals surface area contributed by atoms with Crippen molar-refractivity contribution in [2.75, 3.05) is 13.1 Å². The molecule has 2 atom stereocenters. The maximum atomic E-state index is 13.2. The molecule has 0 aliphatic carbocycles. The average molecular weight is 378 g/mol. The third-order valence-electron chi connectivity index (χ3n) is 5.90. The third-order valence-corrected chi connectivity index (χ3v) is 5.90. The van der Waals surface area contributed by atoms with Crippen LogP contribution in [0.2, 0.25) is 0 Å². The van der Waals surface area contributed by atoms with Gasteiger partial charge in [0.2, 0.25) is 11.8 Å². The summed E-state index contributed by atoms with van der Waals surface area (Å²) in [5.41, 5.74) is 3.06. The van der Waals surface area contributed by atoms with Gasteiger partial charge in [0, 0.05) is 44.7 Å². The second-order valence-corrected chi connectivity index (χ2v) is 7.71. The Balaban J connectivity index is 1.54. The number of benzene rings is 1. The van der Waals surface area contributed by atoms with E-state index in [0.717, 1.165) is 48.5 Å². The van der Waals surface area contributed by atoms with Crippen molar-refractivity contribution >= 4 is 11.8 Å². The summed E-state index contributed by atoms with van der Waals surface area (Å²) in [7, 11) is 0. The van der Waals surface area contributed by atoms with Gasteiger partial charge in [-0.2, -0.15) is 0 Å². The monoisotopic (exact) mass is 378 g/mol. The highest BCUT2D eigenvalue weighted by molar-refractivity contribution is 5.84. The topological polar surface area (TPSA) is 66.4 Å². The van der Waals surface area contributed by atoms with Crippen molar-refractivity contribution in [2.45, 2.75) is 51.6 Å². The van der Waals surface area contributed by atoms with Crippen LogP contribution in [0, 0.1) is 0 Å². The van der Waals surface area contributed by atoms with Crippen LogP contribution in [0.4, 0.5) is 0 Å². The first kappa shape index (κ1) is 18.6. The Morgan fingerprint density at radius 2 is 1.96 bits per heavy atom. The lowest BCUT2D eigenvalue weighted by Crippen LogP contribution is -2.36. The summed E-state index contributed by atoms with van der Waals surface area (Å²) >= 11 is 0. The quantitative estimate of drug-likeness (QED) is 0.824. The summed E-state index contributed by atoms with van der Waals surface area (Å²) in [6, 6.07) is 9.85. The van der Waals surface area contributed by atoms with Crippen LogP contribution < -0.4 is 0 Å². The zero-order valence-corrected chi connectivity index (χ0v) is 16.5. The first-order valence-corrected chi connectivity index (χ1v) is 10.00. The van der Waals surface area contributed by atoms with Gasteiger partial charge in [-0.25, -0.2) is 9.97 Å². The van der Waals surface area contributed by atoms with E-state index < -0.39 is 0 Å². The normalized spacial score (nSPS) is 20.0. The molecule has 2 aliphatic heterocycles. The van der Waals surface area contributed by atoms with E-state index in [0.29, 0.717) is 13.1 Å². The second kappa shape index (κ2) is 7.70. The molecule has 1 saturated heterocycles. The average Bonchev–Trinajstić information content (AvgIpc) is 3.22. The fraction of sp³-hybridized carbons (Fsp3) is 0.455. The number of nitrogens with zero attached hydrogens (tertiary/aromatic N) is 4. The second-order valence-electron chi connectivity index (χ2n) is 7.71. The Kier molecular flexibility index (Phi) is 5.11. The lowest BCUT2D eigenvalue weighted by Gasteiger charge is -2.29. The predicted molar refractivity (Wildman–Crippen MR) is 105 cm³/mol. The molecule has 6 heteroatoms. The Morgan fingerprint density at radius 1 is 1.18 bits per heavy atom. The van der Waals surface area contributed by atoms with Crippen LogP contribution in [0.5, 0.6) is 0 Å². The SMILES string of the molecule is CC(=O)N1CCc2nc([C@H]3CCCN3C(=O)[C@H](C)c3ccccc3)ncc2C1. The van der Waals surface area contributed by atoms with Crippen molar-refractivity contribution in [1.29, 1.82) is 0 Å². The van der Waals surface area contributed by atoms with Crippen LogP contribution in [-0.4, -0.2) is 44.7 Å². The fourth-order valence-corrected chi connectivity index (χ4v) is 4.19. The lowest BCUT2D eigenvalue weighted by molar-refractivity contribution is -0.133. The number of rotatable bonds is 3. The fourth-order valence-electron chi connectivity index (χ4n) is 4.19. The number of aromatic nitrogens is 2. The van der Waals surface area contributed by atoms with E-state index in [1.54, 1.807) is 6.92 Å². The van der Waals surface area contributed by atoms with Gasteiger partial charge in [0.05, 0.1) is 17.7 Å². The van der Waals surface area contributed by atoms with E-state index >= 15 is 0 Å². The minimum absolute atomic E-state index is 0.0604. The molecule has 146 valence electrons. The minimum Gasteiger partial charge on any atom is -0.338 e. The first-order chi connectivity index (χ1) is 13.5. The van der Waals surface area contributed by atoms with Gasteiger partial charge in [0.15, 0.2) is 5.82 Å². The zero-order valence-electron chi connectivity index (χ0n) is 16.5. The van der Waals surface area contributed by atoms with Crippen molar-refractivity contribution in [3.05, 3.63) is 59.2 Å². The van der Waals surface area contributed by atoms with Crippen LogP contribution >= 0.6 is 0 Å². The molecule has 2 amide bonds. The Morgan fingerprint density at radius 3 is 2.71 bits per heavy atom. The lowest BCUT2D eigenvalue weighted by atomic mass is 9.99. The molecule has 0 spiro atoms. The molecule has 1 aromatic carbocycles. The highest BCUT2D eigenvalue weighted by Crippen LogP contribution is 2.33. The molecule has 2 aliphatic rings. The van der Waals surface area contributed by atoms with E-state index in [2.05, 4.69) is 4.98 Å². The van der Waals surface area contributed by atoms with Gasteiger partial charge in [-0.1, -0.05) is 30.3 Å². The van der Waals surface area contributed by atoms with Crippen molar-refractivity contribution in [3.8, 4) is 0 Å². The van der Waals surface area contributed by atoms with Gasteiger partial charge in [-0.3, -0.25) is 9.59 Å². The molecule has 0 saturated carbocycles. The number of carbonyl (C=O) groups excluding carboxylic acids is 2. The van der Waals surface area contributed by atoms with Gasteiger partial charge in [-0.15, -0.1) is 0 Å². The molecule has 1 fully saturated rings. The van der Waals surface area contributed by atoms with E-state index in [9.17, 15) is 9.59 Å². The zero-order chi connectivity index (χ0) is 19.7. The molecule has 6 nitrogen and oxygen atoms in total. The van der Waals surface area contributed by atoms with Crippen LogP contribution in [-0.2, 0) is 22.6 Å². The minimum atomic E-state index is -0.177. The van der Waals surface area contributed by atoms with Crippen molar-refractivity contribution in [1.82, 2.24) is 19.8 Å². The molecule has 3 heterocycles. The molecule has 0 bridgehead atoms. The van der Waals surface area contributed by atoms with Gasteiger partial charge in [0.1, 0.15) is 0 Å². The number of hydrogen-bond acceptors (Lipinski definition) is 4. The molecule has 4 rings (SSSR count). The summed E-state index contributed by atoms with van der Waals surface area (Å²) in [6.07, 6.45) is 4.45. The van der Waals surface area contributed by atoms with E-state index in [4.69, 9.17) is 4.98 Å². The van der Waals surface area contributed by atoms with E-state index in [1.807, 2.05) is 53.3 Å². The summed E-state index contributed by atoms with van der Waals surface area (Å²) in [6.45, 7) is 5.58. The van der Waals surface area contributed by atoms with Crippen LogP contribution in [0.25, 0.3) is 0 Å². The number of carbonyl (C=O) groups is 2. The van der Waals surface area contributed by atoms with E-state index in [-0.39, 0.29) is 23.8 Å². The Hall–Kier alpha value is -2.76. The molecular formula is C22H26N4O2. The summed E-state index contributed by atoms with van der Waals surface area (Å²) in [5, 5.41) is 0. The number of hydrogen-bond donors (Lipinski definition) is 0. The molecule has 0 radical (unpaired) electrons. The van der Waals surface area contributed by atoms with Crippen molar-refractivity contribution in [3.63, 3.8) is 0 Å². The molecule has 28 heavy (non-hydrogen) atoms. The Bertz CT molecular complexity index is 883. The van der Waals surface area contributed by atoms with Gasteiger partial charge in [0.25, 0.3) is 0 Å². The highest BCUT2D eigenvalue weighted by atomic mass is 16.2. The smallest absolute Gasteiger partial charge is 0.230 e. The van der Waals surface area contributed by atoms with E-state index in [1.165, 1.54) is 0 Å². The predicted octanol–water partition coefficient (Wildman–Crippen LogP) is 2.85. The number of fused-ring (bicyclic) bond motifs is 1. The molecule has 0 N–H and O–H groups in total. The summed E-state index contributed by atoms with van der Waals surface area (Å²) < 4.78 is 0. The van der Waals surface area contributed by atoms with Gasteiger partial charge in [-0.05, 0) is 25.3 Å². The van der Waals surface area contributed by atoms with Gasteiger partial charge >= 0.3 is 0 Å². The van der Waals surface area contributed by atoms with Crippen molar-refractivity contribution in [2.24, 2.45) is 0 Å². The third kappa shape index (κ3) is 3.51. The number of likely N-dealkylation sites (tertiary alicyclic amines) is 1. The van der Waals surface area contributed by atoms with Crippen LogP contribution in [0.3, 0.4) is 0 Å². The maximum Gasteiger partial charge on any atom is 0.230 e. The molecule has 2 aromatic rings. The van der Waals surface area contributed by atoms with Crippen LogP contribution in [0.1, 0.15) is 61.3 Å². The molecule has 1 aromatic heterocycles. The molecular weight excluding hydrogens is 352 g/mol. The first-order valence-electron chi connectivity index (χ1n) is 10.00. The standard InChI is InChI=1S/C22H26N4O2/c1-15(17-7-4-3-5-8-17)22(28)26-11-6-9-20(26)21-23-13-18-14-25(16(2)27)12-10-19(18)24-21/h3-5,7-8,13,15,20H,6,9-12,14H2,1-2H3/t15-,20-/m1/s1. The highest BCUT2D eigenvalue weighted by Gasteiger charge is 2.35.